The van der Waals surface area contributed by atoms with Crippen LogP contribution in [0.1, 0.15) is 32.3 Å². The van der Waals surface area contributed by atoms with Gasteiger partial charge in [-0.25, -0.2) is 0 Å². The van der Waals surface area contributed by atoms with Gasteiger partial charge in [-0.2, -0.15) is 5.10 Å². The van der Waals surface area contributed by atoms with Crippen LogP contribution in [0, 0.1) is 5.92 Å². The summed E-state index contributed by atoms with van der Waals surface area (Å²) in [4.78, 5) is 11.7. The molecule has 1 rings (SSSR count). The van der Waals surface area contributed by atoms with Crippen LogP contribution in [0.3, 0.4) is 0 Å². The molecule has 0 radical (unpaired) electrons. The topological polar surface area (TPSA) is 72.9 Å². The van der Waals surface area contributed by atoms with E-state index in [2.05, 4.69) is 10.4 Å². The smallest absolute Gasteiger partial charge is 0.237 e. The molecule has 0 fully saturated rings. The molecule has 19 heavy (non-hydrogen) atoms. The van der Waals surface area contributed by atoms with Gasteiger partial charge in [-0.05, 0) is 24.3 Å². The van der Waals surface area contributed by atoms with Gasteiger partial charge in [0.2, 0.25) is 5.91 Å². The summed E-state index contributed by atoms with van der Waals surface area (Å²) in [6.45, 7) is 4.71. The van der Waals surface area contributed by atoms with Gasteiger partial charge in [0.25, 0.3) is 0 Å². The maximum Gasteiger partial charge on any atom is 0.237 e. The number of nitrogens with two attached hydrogens (primary N) is 1. The molecule has 0 aliphatic carbocycles. The molecule has 1 amide bonds. The zero-order valence-electron chi connectivity index (χ0n) is 11.9. The highest BCUT2D eigenvalue weighted by atomic mass is 35.5. The van der Waals surface area contributed by atoms with Gasteiger partial charge in [-0.3, -0.25) is 9.48 Å². The Bertz CT molecular complexity index is 380. The van der Waals surface area contributed by atoms with Crippen LogP contribution in [0.15, 0.2) is 12.4 Å². The van der Waals surface area contributed by atoms with Crippen molar-refractivity contribution in [3.63, 3.8) is 0 Å². The molecule has 0 aliphatic heterocycles. The molecule has 1 aromatic rings. The van der Waals surface area contributed by atoms with Crippen LogP contribution in [-0.4, -0.2) is 28.3 Å². The summed E-state index contributed by atoms with van der Waals surface area (Å²) in [6.07, 6.45) is 6.60. The minimum Gasteiger partial charge on any atom is -0.355 e. The van der Waals surface area contributed by atoms with Crippen molar-refractivity contribution in [2.75, 3.05) is 6.54 Å². The Morgan fingerprint density at radius 2 is 2.26 bits per heavy atom. The summed E-state index contributed by atoms with van der Waals surface area (Å²) in [5, 5.41) is 6.99. The predicted octanol–water partition coefficient (Wildman–Crippen LogP) is 1.26. The Balaban J connectivity index is 0.00000324. The number of amides is 1. The Kier molecular flexibility index (Phi) is 8.43. The van der Waals surface area contributed by atoms with Crippen LogP contribution in [0.4, 0.5) is 0 Å². The van der Waals surface area contributed by atoms with E-state index in [1.54, 1.807) is 4.68 Å². The van der Waals surface area contributed by atoms with Crippen LogP contribution < -0.4 is 11.1 Å². The van der Waals surface area contributed by atoms with Gasteiger partial charge in [-0.1, -0.05) is 20.3 Å². The second-order valence-corrected chi connectivity index (χ2v) is 4.83. The number of nitrogens with one attached hydrogen (secondary N) is 1. The molecule has 0 aliphatic rings. The van der Waals surface area contributed by atoms with E-state index in [4.69, 9.17) is 5.73 Å². The number of carbonyl (C=O) groups is 1. The molecule has 3 N–H and O–H groups in total. The fourth-order valence-electron chi connectivity index (χ4n) is 1.74. The van der Waals surface area contributed by atoms with Gasteiger partial charge in [0, 0.05) is 19.8 Å². The van der Waals surface area contributed by atoms with Crippen molar-refractivity contribution in [1.82, 2.24) is 15.1 Å². The minimum atomic E-state index is -0.395. The van der Waals surface area contributed by atoms with Gasteiger partial charge in [-0.15, -0.1) is 12.4 Å². The average molecular weight is 289 g/mol. The molecule has 2 atom stereocenters. The lowest BCUT2D eigenvalue weighted by Crippen LogP contribution is -2.44. The molecule has 0 saturated carbocycles. The zero-order valence-corrected chi connectivity index (χ0v) is 12.7. The summed E-state index contributed by atoms with van der Waals surface area (Å²) in [6, 6.07) is -0.395. The molecule has 1 aromatic heterocycles. The normalized spacial score (nSPS) is 13.5. The first kappa shape index (κ1) is 17.9. The largest absolute Gasteiger partial charge is 0.355 e. The van der Waals surface area contributed by atoms with Crippen molar-refractivity contribution in [3.05, 3.63) is 18.0 Å². The Labute approximate surface area is 121 Å². The minimum absolute atomic E-state index is 0. The average Bonchev–Trinajstić information content (AvgIpc) is 2.78. The van der Waals surface area contributed by atoms with Gasteiger partial charge < -0.3 is 11.1 Å². The van der Waals surface area contributed by atoms with E-state index in [1.807, 2.05) is 33.3 Å². The van der Waals surface area contributed by atoms with Crippen molar-refractivity contribution in [1.29, 1.82) is 0 Å². The molecular weight excluding hydrogens is 264 g/mol. The SMILES string of the molecule is CCC(C)C(N)C(=O)NCCCc1cnn(C)c1.Cl. The molecule has 0 spiro atoms. The number of aryl methyl sites for hydroxylation is 2. The molecular formula is C13H25ClN4O. The first-order chi connectivity index (χ1) is 8.54. The van der Waals surface area contributed by atoms with Crippen LogP contribution >= 0.6 is 12.4 Å². The standard InChI is InChI=1S/C13H24N4O.ClH/c1-4-10(2)12(14)13(18)15-7-5-6-11-8-16-17(3)9-11;/h8-10,12H,4-7,14H2,1-3H3,(H,15,18);1H. The lowest BCUT2D eigenvalue weighted by molar-refractivity contribution is -0.123. The van der Waals surface area contributed by atoms with Crippen molar-refractivity contribution in [2.45, 2.75) is 39.2 Å². The van der Waals surface area contributed by atoms with Crippen molar-refractivity contribution in [3.8, 4) is 0 Å². The van der Waals surface area contributed by atoms with E-state index in [9.17, 15) is 4.79 Å². The highest BCUT2D eigenvalue weighted by molar-refractivity contribution is 5.85. The van der Waals surface area contributed by atoms with Crippen LogP contribution in [0.2, 0.25) is 0 Å². The Hall–Kier alpha value is -1.07. The number of nitrogens with zero attached hydrogens (tertiary/aromatic N) is 2. The van der Waals surface area contributed by atoms with E-state index in [-0.39, 0.29) is 24.2 Å². The fourth-order valence-corrected chi connectivity index (χ4v) is 1.74. The van der Waals surface area contributed by atoms with E-state index in [0.717, 1.165) is 19.3 Å². The van der Waals surface area contributed by atoms with Crippen LogP contribution in [0.5, 0.6) is 0 Å². The number of rotatable bonds is 7. The third-order valence-electron chi connectivity index (χ3n) is 3.26. The summed E-state index contributed by atoms with van der Waals surface area (Å²) in [5.41, 5.74) is 7.04. The van der Waals surface area contributed by atoms with Gasteiger partial charge in [0.05, 0.1) is 12.2 Å². The molecule has 0 bridgehead atoms. The number of hydrogen-bond acceptors (Lipinski definition) is 3. The van der Waals surface area contributed by atoms with E-state index >= 15 is 0 Å². The summed E-state index contributed by atoms with van der Waals surface area (Å²) in [5.74, 6) is 0.180. The van der Waals surface area contributed by atoms with Gasteiger partial charge in [0.1, 0.15) is 0 Å². The number of aromatic nitrogens is 2. The first-order valence-corrected chi connectivity index (χ1v) is 6.55. The highest BCUT2D eigenvalue weighted by Gasteiger charge is 2.18. The number of carbonyl (C=O) groups excluding carboxylic acids is 1. The molecule has 6 heteroatoms. The zero-order chi connectivity index (χ0) is 13.5. The van der Waals surface area contributed by atoms with Crippen molar-refractivity contribution >= 4 is 18.3 Å². The summed E-state index contributed by atoms with van der Waals surface area (Å²) >= 11 is 0. The Morgan fingerprint density at radius 1 is 1.58 bits per heavy atom. The molecule has 2 unspecified atom stereocenters. The number of halogens is 1. The van der Waals surface area contributed by atoms with E-state index in [1.165, 1.54) is 5.56 Å². The summed E-state index contributed by atoms with van der Waals surface area (Å²) < 4.78 is 1.78. The second-order valence-electron chi connectivity index (χ2n) is 4.83. The molecule has 5 nitrogen and oxygen atoms in total. The highest BCUT2D eigenvalue weighted by Crippen LogP contribution is 2.05. The maximum absolute atomic E-state index is 11.7. The molecule has 1 heterocycles. The second kappa shape index (κ2) is 8.93. The maximum atomic E-state index is 11.7. The Morgan fingerprint density at radius 3 is 2.79 bits per heavy atom. The third-order valence-corrected chi connectivity index (χ3v) is 3.26. The third kappa shape index (κ3) is 6.07. The lowest BCUT2D eigenvalue weighted by atomic mass is 9.99. The molecule has 0 saturated heterocycles. The summed E-state index contributed by atoms with van der Waals surface area (Å²) in [7, 11) is 1.90. The van der Waals surface area contributed by atoms with Gasteiger partial charge >= 0.3 is 0 Å². The molecule has 0 aromatic carbocycles. The van der Waals surface area contributed by atoms with E-state index in [0.29, 0.717) is 6.54 Å². The van der Waals surface area contributed by atoms with Crippen LogP contribution in [-0.2, 0) is 18.3 Å². The van der Waals surface area contributed by atoms with E-state index < -0.39 is 6.04 Å². The number of hydrogen-bond donors (Lipinski definition) is 2. The monoisotopic (exact) mass is 288 g/mol. The van der Waals surface area contributed by atoms with Crippen molar-refractivity contribution in [2.24, 2.45) is 18.7 Å². The first-order valence-electron chi connectivity index (χ1n) is 6.55. The fraction of sp³-hybridized carbons (Fsp3) is 0.692. The molecule has 110 valence electrons. The quantitative estimate of drug-likeness (QED) is 0.742. The predicted molar refractivity (Wildman–Crippen MR) is 79.2 cm³/mol. The van der Waals surface area contributed by atoms with Gasteiger partial charge in [0.15, 0.2) is 0 Å². The van der Waals surface area contributed by atoms with Crippen molar-refractivity contribution < 1.29 is 4.79 Å². The lowest BCUT2D eigenvalue weighted by Gasteiger charge is -2.17. The van der Waals surface area contributed by atoms with Crippen LogP contribution in [0.25, 0.3) is 0 Å².